The number of carbonyl (C=O) groups is 1. The van der Waals surface area contributed by atoms with Crippen molar-refractivity contribution in [3.05, 3.63) is 34.9 Å². The molecule has 1 saturated heterocycles. The quantitative estimate of drug-likeness (QED) is 0.726. The van der Waals surface area contributed by atoms with Gasteiger partial charge >= 0.3 is 0 Å². The maximum Gasteiger partial charge on any atom is 0.277 e. The van der Waals surface area contributed by atoms with Gasteiger partial charge in [-0.2, -0.15) is 0 Å². The summed E-state index contributed by atoms with van der Waals surface area (Å²) >= 11 is 0. The van der Waals surface area contributed by atoms with E-state index in [-0.39, 0.29) is 5.91 Å². The van der Waals surface area contributed by atoms with Gasteiger partial charge < -0.3 is 0 Å². The first kappa shape index (κ1) is 11.1. The van der Waals surface area contributed by atoms with Crippen LogP contribution in [-0.2, 0) is 4.84 Å². The molecule has 0 atom stereocenters. The predicted molar refractivity (Wildman–Crippen MR) is 62.1 cm³/mol. The molecule has 0 spiro atoms. The Labute approximate surface area is 96.0 Å². The van der Waals surface area contributed by atoms with Crippen molar-refractivity contribution in [2.24, 2.45) is 0 Å². The van der Waals surface area contributed by atoms with E-state index in [1.165, 1.54) is 5.06 Å². The van der Waals surface area contributed by atoms with Gasteiger partial charge in [0.1, 0.15) is 0 Å². The molecule has 0 radical (unpaired) electrons. The van der Waals surface area contributed by atoms with Gasteiger partial charge in [0.2, 0.25) is 0 Å². The Morgan fingerprint density at radius 1 is 1.31 bits per heavy atom. The van der Waals surface area contributed by atoms with Gasteiger partial charge in [0.25, 0.3) is 5.91 Å². The molecule has 0 saturated carbocycles. The van der Waals surface area contributed by atoms with Gasteiger partial charge in [-0.05, 0) is 38.3 Å². The molecule has 0 N–H and O–H groups in total. The summed E-state index contributed by atoms with van der Waals surface area (Å²) in [6.07, 6.45) is 2.06. The number of hydrogen-bond acceptors (Lipinski definition) is 2. The SMILES string of the molecule is Cc1ccc(C)c(C(=O)N2CCCCO2)c1. The molecule has 0 aliphatic carbocycles. The van der Waals surface area contributed by atoms with Gasteiger partial charge in [0.05, 0.1) is 6.61 Å². The van der Waals surface area contributed by atoms with Gasteiger partial charge in [-0.25, -0.2) is 5.06 Å². The molecule has 16 heavy (non-hydrogen) atoms. The first-order valence-electron chi connectivity index (χ1n) is 5.70. The predicted octanol–water partition coefficient (Wildman–Crippen LogP) is 2.47. The van der Waals surface area contributed by atoms with Crippen LogP contribution in [0.15, 0.2) is 18.2 Å². The number of hydrogen-bond donors (Lipinski definition) is 0. The minimum absolute atomic E-state index is 0.0131. The number of amides is 1. The second-order valence-corrected chi connectivity index (χ2v) is 4.27. The van der Waals surface area contributed by atoms with E-state index in [1.54, 1.807) is 0 Å². The van der Waals surface area contributed by atoms with E-state index in [1.807, 2.05) is 32.0 Å². The fraction of sp³-hybridized carbons (Fsp3) is 0.462. The number of carbonyl (C=O) groups excluding carboxylic acids is 1. The molecule has 2 rings (SSSR count). The van der Waals surface area contributed by atoms with E-state index in [4.69, 9.17) is 4.84 Å². The monoisotopic (exact) mass is 219 g/mol. The summed E-state index contributed by atoms with van der Waals surface area (Å²) in [6.45, 7) is 5.30. The molecule has 3 heteroatoms. The smallest absolute Gasteiger partial charge is 0.271 e. The van der Waals surface area contributed by atoms with Crippen molar-refractivity contribution in [1.82, 2.24) is 5.06 Å². The van der Waals surface area contributed by atoms with Crippen molar-refractivity contribution in [3.8, 4) is 0 Å². The molecule has 1 amide bonds. The van der Waals surface area contributed by atoms with Crippen LogP contribution < -0.4 is 0 Å². The van der Waals surface area contributed by atoms with Crippen LogP contribution in [0.3, 0.4) is 0 Å². The third kappa shape index (κ3) is 2.25. The number of nitrogens with zero attached hydrogens (tertiary/aromatic N) is 1. The molecule has 3 nitrogen and oxygen atoms in total. The highest BCUT2D eigenvalue weighted by molar-refractivity contribution is 5.95. The van der Waals surface area contributed by atoms with Crippen LogP contribution in [0.5, 0.6) is 0 Å². The Bertz CT molecular complexity index is 395. The number of hydroxylamine groups is 2. The molecule has 1 fully saturated rings. The van der Waals surface area contributed by atoms with Gasteiger partial charge in [-0.1, -0.05) is 17.7 Å². The summed E-state index contributed by atoms with van der Waals surface area (Å²) in [5.41, 5.74) is 2.86. The molecule has 1 aliphatic heterocycles. The van der Waals surface area contributed by atoms with Gasteiger partial charge in [-0.15, -0.1) is 0 Å². The van der Waals surface area contributed by atoms with Crippen molar-refractivity contribution < 1.29 is 9.63 Å². The van der Waals surface area contributed by atoms with Crippen LogP contribution in [-0.4, -0.2) is 24.1 Å². The minimum atomic E-state index is -0.0131. The Kier molecular flexibility index (Phi) is 3.25. The zero-order valence-electron chi connectivity index (χ0n) is 9.82. The Morgan fingerprint density at radius 2 is 2.12 bits per heavy atom. The van der Waals surface area contributed by atoms with Crippen LogP contribution in [0.25, 0.3) is 0 Å². The Hall–Kier alpha value is -1.35. The molecule has 1 heterocycles. The van der Waals surface area contributed by atoms with E-state index in [0.717, 1.165) is 29.5 Å². The Morgan fingerprint density at radius 3 is 2.81 bits per heavy atom. The highest BCUT2D eigenvalue weighted by Crippen LogP contribution is 2.16. The van der Waals surface area contributed by atoms with E-state index < -0.39 is 0 Å². The standard InChI is InChI=1S/C13H17NO2/c1-10-5-6-11(2)12(9-10)13(15)14-7-3-4-8-16-14/h5-6,9H,3-4,7-8H2,1-2H3. The largest absolute Gasteiger partial charge is 0.277 e. The third-order valence-corrected chi connectivity index (χ3v) is 2.85. The fourth-order valence-electron chi connectivity index (χ4n) is 1.86. The first-order chi connectivity index (χ1) is 7.68. The third-order valence-electron chi connectivity index (χ3n) is 2.85. The van der Waals surface area contributed by atoms with Gasteiger partial charge in [-0.3, -0.25) is 9.63 Å². The topological polar surface area (TPSA) is 29.5 Å². The molecular formula is C13H17NO2. The maximum absolute atomic E-state index is 12.2. The maximum atomic E-state index is 12.2. The molecule has 1 aromatic carbocycles. The van der Waals surface area contributed by atoms with E-state index >= 15 is 0 Å². The van der Waals surface area contributed by atoms with Crippen molar-refractivity contribution in [3.63, 3.8) is 0 Å². The Balaban J connectivity index is 2.22. The lowest BCUT2D eigenvalue weighted by atomic mass is 10.0. The lowest BCUT2D eigenvalue weighted by Crippen LogP contribution is -2.36. The molecule has 0 unspecified atom stereocenters. The van der Waals surface area contributed by atoms with Gasteiger partial charge in [0.15, 0.2) is 0 Å². The second kappa shape index (κ2) is 4.66. The highest BCUT2D eigenvalue weighted by atomic mass is 16.7. The van der Waals surface area contributed by atoms with E-state index in [0.29, 0.717) is 13.2 Å². The zero-order valence-corrected chi connectivity index (χ0v) is 9.82. The summed E-state index contributed by atoms with van der Waals surface area (Å²) in [5, 5.41) is 1.49. The fourth-order valence-corrected chi connectivity index (χ4v) is 1.86. The molecule has 1 aliphatic rings. The summed E-state index contributed by atoms with van der Waals surface area (Å²) in [6, 6.07) is 5.92. The lowest BCUT2D eigenvalue weighted by molar-refractivity contribution is -0.144. The average molecular weight is 219 g/mol. The van der Waals surface area contributed by atoms with E-state index in [2.05, 4.69) is 0 Å². The summed E-state index contributed by atoms with van der Waals surface area (Å²) < 4.78 is 0. The van der Waals surface area contributed by atoms with Crippen LogP contribution >= 0.6 is 0 Å². The van der Waals surface area contributed by atoms with Gasteiger partial charge in [0, 0.05) is 12.1 Å². The van der Waals surface area contributed by atoms with Crippen LogP contribution in [0, 0.1) is 13.8 Å². The second-order valence-electron chi connectivity index (χ2n) is 4.27. The van der Waals surface area contributed by atoms with Crippen molar-refractivity contribution in [1.29, 1.82) is 0 Å². The average Bonchev–Trinajstić information content (AvgIpc) is 2.32. The highest BCUT2D eigenvalue weighted by Gasteiger charge is 2.20. The van der Waals surface area contributed by atoms with Crippen molar-refractivity contribution in [2.75, 3.05) is 13.2 Å². The summed E-state index contributed by atoms with van der Waals surface area (Å²) in [4.78, 5) is 17.5. The van der Waals surface area contributed by atoms with Crippen molar-refractivity contribution in [2.45, 2.75) is 26.7 Å². The zero-order chi connectivity index (χ0) is 11.5. The van der Waals surface area contributed by atoms with Crippen molar-refractivity contribution >= 4 is 5.91 Å². The van der Waals surface area contributed by atoms with Crippen LogP contribution in [0.4, 0.5) is 0 Å². The van der Waals surface area contributed by atoms with Crippen LogP contribution in [0.1, 0.15) is 34.3 Å². The number of rotatable bonds is 1. The normalized spacial score (nSPS) is 16.2. The van der Waals surface area contributed by atoms with E-state index in [9.17, 15) is 4.79 Å². The van der Waals surface area contributed by atoms with Crippen LogP contribution in [0.2, 0.25) is 0 Å². The molecule has 0 aromatic heterocycles. The molecule has 86 valence electrons. The number of benzene rings is 1. The lowest BCUT2D eigenvalue weighted by Gasteiger charge is -2.26. The summed E-state index contributed by atoms with van der Waals surface area (Å²) in [5.74, 6) is -0.0131. The molecule has 0 bridgehead atoms. The first-order valence-corrected chi connectivity index (χ1v) is 5.70. The summed E-state index contributed by atoms with van der Waals surface area (Å²) in [7, 11) is 0. The molecular weight excluding hydrogens is 202 g/mol. The minimum Gasteiger partial charge on any atom is -0.271 e. The molecule has 1 aromatic rings. The number of aryl methyl sites for hydroxylation is 2.